The van der Waals surface area contributed by atoms with Crippen LogP contribution < -0.4 is 15.9 Å². The summed E-state index contributed by atoms with van der Waals surface area (Å²) < 4.78 is 0. The average Bonchev–Trinajstić information content (AvgIpc) is 2.45. The summed E-state index contributed by atoms with van der Waals surface area (Å²) in [7, 11) is -0.556. The van der Waals surface area contributed by atoms with Gasteiger partial charge in [-0.05, 0) is 18.5 Å². The van der Waals surface area contributed by atoms with E-state index in [9.17, 15) is 4.79 Å². The van der Waals surface area contributed by atoms with Crippen molar-refractivity contribution >= 4 is 24.5 Å². The molecule has 19 heavy (non-hydrogen) atoms. The lowest BCUT2D eigenvalue weighted by Crippen LogP contribution is -2.27. The highest BCUT2D eigenvalue weighted by molar-refractivity contribution is 7.72. The number of hydrogen-bond donors (Lipinski definition) is 2. The Bertz CT molecular complexity index is 477. The molecule has 0 atom stereocenters. The highest BCUT2D eigenvalue weighted by Crippen LogP contribution is 2.31. The molecule has 4 heteroatoms. The van der Waals surface area contributed by atoms with Gasteiger partial charge in [-0.3, -0.25) is 4.79 Å². The van der Waals surface area contributed by atoms with Crippen molar-refractivity contribution in [1.29, 1.82) is 0 Å². The number of nitrogens with one attached hydrogen (secondary N) is 1. The van der Waals surface area contributed by atoms with Crippen molar-refractivity contribution in [2.75, 3.05) is 12.8 Å². The maximum atomic E-state index is 10.6. The van der Waals surface area contributed by atoms with Gasteiger partial charge in [0.2, 0.25) is 0 Å². The topological polar surface area (TPSA) is 49.3 Å². The molecule has 0 bridgehead atoms. The summed E-state index contributed by atoms with van der Waals surface area (Å²) in [6.07, 6.45) is 0.676. The van der Waals surface area contributed by atoms with Crippen LogP contribution in [0.4, 0.5) is 0 Å². The molecule has 98 valence electrons. The number of hydrogen-bond acceptors (Lipinski definition) is 2. The van der Waals surface area contributed by atoms with Crippen LogP contribution in [0.25, 0.3) is 0 Å². The van der Waals surface area contributed by atoms with Crippen molar-refractivity contribution in [2.24, 2.45) is 0 Å². The molecule has 2 aromatic rings. The average molecular weight is 273 g/mol. The minimum atomic E-state index is -0.823. The molecule has 0 saturated carbocycles. The first-order chi connectivity index (χ1) is 9.27. The molecular weight excluding hydrogens is 257 g/mol. The standard InChI is InChI=1S/C15H16NO2P/c17-15(18)11-16-12-19(13-7-3-1-4-8-13)14-9-5-2-6-10-14/h1-10,16H,11-12H2,(H,17,18). The first kappa shape index (κ1) is 13.7. The molecule has 0 fully saturated rings. The van der Waals surface area contributed by atoms with E-state index in [1.54, 1.807) is 0 Å². The van der Waals surface area contributed by atoms with Crippen LogP contribution in [0.15, 0.2) is 60.7 Å². The van der Waals surface area contributed by atoms with Crippen molar-refractivity contribution in [3.63, 3.8) is 0 Å². The molecular formula is C15H16NO2P. The van der Waals surface area contributed by atoms with E-state index in [-0.39, 0.29) is 6.54 Å². The zero-order valence-corrected chi connectivity index (χ0v) is 11.4. The third-order valence-corrected chi connectivity index (χ3v) is 5.06. The van der Waals surface area contributed by atoms with Crippen LogP contribution in [0.5, 0.6) is 0 Å². The van der Waals surface area contributed by atoms with E-state index in [4.69, 9.17) is 5.11 Å². The van der Waals surface area contributed by atoms with E-state index in [1.807, 2.05) is 36.4 Å². The molecule has 2 rings (SSSR count). The maximum absolute atomic E-state index is 10.6. The fourth-order valence-electron chi connectivity index (χ4n) is 1.82. The molecule has 0 spiro atoms. The monoisotopic (exact) mass is 273 g/mol. The summed E-state index contributed by atoms with van der Waals surface area (Å²) in [6.45, 7) is -0.00149. The van der Waals surface area contributed by atoms with E-state index in [2.05, 4.69) is 29.6 Å². The van der Waals surface area contributed by atoms with Crippen molar-refractivity contribution in [3.05, 3.63) is 60.7 Å². The molecule has 0 aromatic heterocycles. The Balaban J connectivity index is 2.17. The van der Waals surface area contributed by atoms with Gasteiger partial charge in [0.15, 0.2) is 0 Å². The van der Waals surface area contributed by atoms with Gasteiger partial charge < -0.3 is 10.4 Å². The fourth-order valence-corrected chi connectivity index (χ4v) is 3.88. The lowest BCUT2D eigenvalue weighted by molar-refractivity contribution is -0.135. The van der Waals surface area contributed by atoms with Crippen molar-refractivity contribution < 1.29 is 9.90 Å². The Kier molecular flexibility index (Phi) is 5.08. The highest BCUT2D eigenvalue weighted by atomic mass is 31.1. The molecule has 0 aliphatic heterocycles. The minimum Gasteiger partial charge on any atom is -0.480 e. The lowest BCUT2D eigenvalue weighted by Gasteiger charge is -2.18. The Hall–Kier alpha value is -1.70. The second-order valence-electron chi connectivity index (χ2n) is 4.08. The summed E-state index contributed by atoms with van der Waals surface area (Å²) in [6, 6.07) is 20.5. The largest absolute Gasteiger partial charge is 0.480 e. The Morgan fingerprint density at radius 3 is 1.84 bits per heavy atom. The molecule has 0 aliphatic rings. The summed E-state index contributed by atoms with van der Waals surface area (Å²) in [4.78, 5) is 10.6. The highest BCUT2D eigenvalue weighted by Gasteiger charge is 2.13. The van der Waals surface area contributed by atoms with E-state index in [1.165, 1.54) is 10.6 Å². The van der Waals surface area contributed by atoms with Crippen LogP contribution >= 0.6 is 7.92 Å². The summed E-state index contributed by atoms with van der Waals surface area (Å²) in [5.41, 5.74) is 0. The molecule has 0 heterocycles. The molecule has 0 saturated heterocycles. The smallest absolute Gasteiger partial charge is 0.317 e. The third kappa shape index (κ3) is 4.16. The predicted octanol–water partition coefficient (Wildman–Crippen LogP) is 1.75. The summed E-state index contributed by atoms with van der Waals surface area (Å²) in [5.74, 6) is -0.823. The van der Waals surface area contributed by atoms with Gasteiger partial charge in [0, 0.05) is 6.29 Å². The molecule has 0 unspecified atom stereocenters. The van der Waals surface area contributed by atoms with Gasteiger partial charge >= 0.3 is 5.97 Å². The number of carboxylic acids is 1. The van der Waals surface area contributed by atoms with Gasteiger partial charge in [-0.15, -0.1) is 0 Å². The van der Waals surface area contributed by atoms with E-state index < -0.39 is 13.9 Å². The number of aliphatic carboxylic acids is 1. The number of rotatable bonds is 6. The Morgan fingerprint density at radius 2 is 1.42 bits per heavy atom. The zero-order valence-electron chi connectivity index (χ0n) is 10.5. The van der Waals surface area contributed by atoms with Gasteiger partial charge in [0.05, 0.1) is 6.54 Å². The third-order valence-electron chi connectivity index (χ3n) is 2.68. The summed E-state index contributed by atoms with van der Waals surface area (Å²) >= 11 is 0. The van der Waals surface area contributed by atoms with Gasteiger partial charge in [0.1, 0.15) is 0 Å². The van der Waals surface area contributed by atoms with Gasteiger partial charge in [0.25, 0.3) is 0 Å². The molecule has 0 amide bonds. The fraction of sp³-hybridized carbons (Fsp3) is 0.133. The van der Waals surface area contributed by atoms with Crippen LogP contribution in [0, 0.1) is 0 Å². The summed E-state index contributed by atoms with van der Waals surface area (Å²) in [5, 5.41) is 14.2. The zero-order chi connectivity index (χ0) is 13.5. The second-order valence-corrected chi connectivity index (χ2v) is 6.28. The number of carbonyl (C=O) groups is 1. The number of carboxylic acid groups (broad SMARTS) is 1. The minimum absolute atomic E-state index is 0.00149. The van der Waals surface area contributed by atoms with Crippen LogP contribution in [0.3, 0.4) is 0 Å². The number of benzene rings is 2. The van der Waals surface area contributed by atoms with Crippen LogP contribution in [0.1, 0.15) is 0 Å². The van der Waals surface area contributed by atoms with Gasteiger partial charge in [-0.2, -0.15) is 0 Å². The second kappa shape index (κ2) is 7.03. The Labute approximate surface area is 114 Å². The SMILES string of the molecule is O=C(O)CNCP(c1ccccc1)c1ccccc1. The lowest BCUT2D eigenvalue weighted by atomic mass is 10.4. The predicted molar refractivity (Wildman–Crippen MR) is 79.6 cm³/mol. The van der Waals surface area contributed by atoms with E-state index in [0.717, 1.165) is 0 Å². The van der Waals surface area contributed by atoms with Gasteiger partial charge in [-0.25, -0.2) is 0 Å². The van der Waals surface area contributed by atoms with Crippen LogP contribution in [0.2, 0.25) is 0 Å². The van der Waals surface area contributed by atoms with Crippen LogP contribution in [-0.4, -0.2) is 23.9 Å². The molecule has 0 aliphatic carbocycles. The van der Waals surface area contributed by atoms with Crippen molar-refractivity contribution in [2.45, 2.75) is 0 Å². The Morgan fingerprint density at radius 1 is 0.947 bits per heavy atom. The molecule has 2 N–H and O–H groups in total. The first-order valence-corrected chi connectivity index (χ1v) is 7.60. The van der Waals surface area contributed by atoms with Crippen molar-refractivity contribution in [1.82, 2.24) is 5.32 Å². The van der Waals surface area contributed by atoms with Crippen molar-refractivity contribution in [3.8, 4) is 0 Å². The van der Waals surface area contributed by atoms with Gasteiger partial charge in [-0.1, -0.05) is 60.7 Å². The van der Waals surface area contributed by atoms with E-state index >= 15 is 0 Å². The molecule has 0 radical (unpaired) electrons. The maximum Gasteiger partial charge on any atom is 0.317 e. The quantitative estimate of drug-likeness (QED) is 0.788. The van der Waals surface area contributed by atoms with E-state index in [0.29, 0.717) is 6.29 Å². The molecule has 3 nitrogen and oxygen atoms in total. The van der Waals surface area contributed by atoms with Crippen LogP contribution in [-0.2, 0) is 4.79 Å². The first-order valence-electron chi connectivity index (χ1n) is 6.07. The normalized spacial score (nSPS) is 10.6. The molecule has 2 aromatic carbocycles.